The fourth-order valence-electron chi connectivity index (χ4n) is 2.82. The van der Waals surface area contributed by atoms with Crippen LogP contribution in [0.25, 0.3) is 11.1 Å². The number of nitrogens with one attached hydrogen (secondary N) is 1. The second-order valence-electron chi connectivity index (χ2n) is 6.04. The summed E-state index contributed by atoms with van der Waals surface area (Å²) in [5.74, 6) is -7.76. The highest BCUT2D eigenvalue weighted by Crippen LogP contribution is 2.37. The molecule has 0 radical (unpaired) electrons. The van der Waals surface area contributed by atoms with Crippen molar-refractivity contribution in [2.75, 3.05) is 12.4 Å². The molecule has 5 nitrogen and oxygen atoms in total. The number of hydrogen-bond acceptors (Lipinski definition) is 4. The number of rotatable bonds is 5. The molecule has 1 heterocycles. The van der Waals surface area contributed by atoms with E-state index >= 15 is 0 Å². The van der Waals surface area contributed by atoms with Gasteiger partial charge in [-0.15, -0.1) is 11.3 Å². The summed E-state index contributed by atoms with van der Waals surface area (Å²) < 4.78 is 46.5. The lowest BCUT2D eigenvalue weighted by Gasteiger charge is -2.10. The Labute approximate surface area is 167 Å². The van der Waals surface area contributed by atoms with Gasteiger partial charge in [0.1, 0.15) is 21.9 Å². The number of carbonyl (C=O) groups excluding carboxylic acids is 1. The lowest BCUT2D eigenvalue weighted by atomic mass is 10.0. The molecule has 1 aromatic heterocycles. The molecule has 29 heavy (non-hydrogen) atoms. The first-order valence-corrected chi connectivity index (χ1v) is 9.07. The molecule has 0 saturated heterocycles. The van der Waals surface area contributed by atoms with Gasteiger partial charge in [0.25, 0.3) is 5.91 Å². The van der Waals surface area contributed by atoms with Crippen LogP contribution in [-0.4, -0.2) is 24.1 Å². The van der Waals surface area contributed by atoms with Crippen LogP contribution in [0.5, 0.6) is 5.75 Å². The molecule has 3 aromatic rings. The van der Waals surface area contributed by atoms with Crippen LogP contribution in [0, 0.1) is 24.4 Å². The Morgan fingerprint density at radius 3 is 2.45 bits per heavy atom. The lowest BCUT2D eigenvalue weighted by Crippen LogP contribution is -2.18. The number of carboxylic acid groups (broad SMARTS) is 1. The number of ether oxygens (including phenoxy) is 1. The number of halogens is 3. The van der Waals surface area contributed by atoms with Crippen molar-refractivity contribution in [2.24, 2.45) is 0 Å². The van der Waals surface area contributed by atoms with Crippen LogP contribution in [-0.2, 0) is 0 Å². The molecule has 0 aliphatic heterocycles. The molecule has 0 saturated carbocycles. The second-order valence-corrected chi connectivity index (χ2v) is 6.92. The number of amides is 1. The summed E-state index contributed by atoms with van der Waals surface area (Å²) in [7, 11) is 0.969. The molecule has 0 atom stereocenters. The molecular formula is C20H14F3NO4S. The fourth-order valence-corrected chi connectivity index (χ4v) is 3.78. The Balaban J connectivity index is 2.04. The normalized spacial score (nSPS) is 10.7. The first-order chi connectivity index (χ1) is 13.7. The lowest BCUT2D eigenvalue weighted by molar-refractivity contribution is 0.0699. The van der Waals surface area contributed by atoms with Crippen molar-refractivity contribution >= 4 is 28.2 Å². The van der Waals surface area contributed by atoms with Gasteiger partial charge in [0.05, 0.1) is 7.11 Å². The number of anilines is 1. The Morgan fingerprint density at radius 1 is 1.10 bits per heavy atom. The number of hydrogen-bond donors (Lipinski definition) is 2. The molecular weight excluding hydrogens is 407 g/mol. The molecule has 150 valence electrons. The summed E-state index contributed by atoms with van der Waals surface area (Å²) >= 11 is 0.890. The first kappa shape index (κ1) is 20.4. The topological polar surface area (TPSA) is 75.6 Å². The van der Waals surface area contributed by atoms with Gasteiger partial charge in [0.2, 0.25) is 0 Å². The van der Waals surface area contributed by atoms with E-state index in [9.17, 15) is 27.9 Å². The van der Waals surface area contributed by atoms with Crippen LogP contribution in [0.2, 0.25) is 0 Å². The van der Waals surface area contributed by atoms with E-state index < -0.39 is 40.6 Å². The molecule has 0 aliphatic rings. The van der Waals surface area contributed by atoms with Crippen molar-refractivity contribution in [1.29, 1.82) is 0 Å². The highest BCUT2D eigenvalue weighted by atomic mass is 32.1. The van der Waals surface area contributed by atoms with Gasteiger partial charge in [-0.25, -0.2) is 18.0 Å². The third kappa shape index (κ3) is 3.81. The predicted octanol–water partition coefficient (Wildman–Crippen LogP) is 5.10. The minimum absolute atomic E-state index is 0.110. The molecule has 9 heteroatoms. The van der Waals surface area contributed by atoms with Gasteiger partial charge < -0.3 is 15.2 Å². The smallest absolute Gasteiger partial charge is 0.339 e. The summed E-state index contributed by atoms with van der Waals surface area (Å²) in [6.45, 7) is 1.84. The van der Waals surface area contributed by atoms with Crippen LogP contribution in [0.3, 0.4) is 0 Å². The number of aromatic carboxylic acids is 1. The molecule has 0 bridgehead atoms. The average molecular weight is 421 g/mol. The van der Waals surface area contributed by atoms with Gasteiger partial charge in [-0.2, -0.15) is 0 Å². The second kappa shape index (κ2) is 7.96. The molecule has 1 amide bonds. The quantitative estimate of drug-likeness (QED) is 0.601. The predicted molar refractivity (Wildman–Crippen MR) is 102 cm³/mol. The number of methoxy groups -OCH3 is 1. The number of thiophene rings is 1. The van der Waals surface area contributed by atoms with Crippen LogP contribution in [0.1, 0.15) is 26.3 Å². The van der Waals surface area contributed by atoms with Crippen LogP contribution < -0.4 is 10.1 Å². The monoisotopic (exact) mass is 421 g/mol. The maximum Gasteiger partial charge on any atom is 0.339 e. The van der Waals surface area contributed by atoms with E-state index in [4.69, 9.17) is 0 Å². The number of benzene rings is 2. The summed E-state index contributed by atoms with van der Waals surface area (Å²) in [5, 5.41) is 13.2. The summed E-state index contributed by atoms with van der Waals surface area (Å²) in [6.07, 6.45) is 0. The largest absolute Gasteiger partial charge is 0.491 e. The van der Waals surface area contributed by atoms with E-state index in [0.29, 0.717) is 17.2 Å². The molecule has 2 N–H and O–H groups in total. The zero-order valence-corrected chi connectivity index (χ0v) is 16.0. The minimum Gasteiger partial charge on any atom is -0.491 e. The highest BCUT2D eigenvalue weighted by Gasteiger charge is 2.27. The summed E-state index contributed by atoms with van der Waals surface area (Å²) in [6, 6.07) is 7.39. The standard InChI is InChI=1S/C20H14F3NO4S/c1-9-4-3-5-10(6-9)11-8-29-19(14(11)20(26)27)24-18(25)15-12(21)7-13(22)17(28-2)16(15)23/h3-8H,1-2H3,(H,24,25)(H,26,27). The maximum atomic E-state index is 14.3. The third-order valence-corrected chi connectivity index (χ3v) is 5.02. The van der Waals surface area contributed by atoms with Crippen LogP contribution in [0.4, 0.5) is 18.2 Å². The van der Waals surface area contributed by atoms with E-state index in [-0.39, 0.29) is 10.6 Å². The van der Waals surface area contributed by atoms with E-state index in [2.05, 4.69) is 10.1 Å². The number of carboxylic acids is 1. The van der Waals surface area contributed by atoms with Crippen LogP contribution >= 0.6 is 11.3 Å². The molecule has 0 unspecified atom stereocenters. The minimum atomic E-state index is -1.52. The highest BCUT2D eigenvalue weighted by molar-refractivity contribution is 7.15. The maximum absolute atomic E-state index is 14.3. The van der Waals surface area contributed by atoms with Gasteiger partial charge in [-0.3, -0.25) is 4.79 Å². The van der Waals surface area contributed by atoms with Crippen LogP contribution in [0.15, 0.2) is 35.7 Å². The van der Waals surface area contributed by atoms with Gasteiger partial charge in [0, 0.05) is 17.0 Å². The molecule has 0 fully saturated rings. The summed E-state index contributed by atoms with van der Waals surface area (Å²) in [4.78, 5) is 24.3. The molecule has 0 aliphatic carbocycles. The molecule has 3 rings (SSSR count). The van der Waals surface area contributed by atoms with E-state index in [1.807, 2.05) is 13.0 Å². The van der Waals surface area contributed by atoms with Gasteiger partial charge in [-0.05, 0) is 12.5 Å². The van der Waals surface area contributed by atoms with E-state index in [0.717, 1.165) is 24.0 Å². The zero-order valence-electron chi connectivity index (χ0n) is 15.2. The SMILES string of the molecule is COc1c(F)cc(F)c(C(=O)Nc2scc(-c3cccc(C)c3)c2C(=O)O)c1F. The third-order valence-electron chi connectivity index (χ3n) is 4.12. The van der Waals surface area contributed by atoms with Crippen molar-refractivity contribution < 1.29 is 32.6 Å². The van der Waals surface area contributed by atoms with Crippen molar-refractivity contribution in [3.8, 4) is 16.9 Å². The van der Waals surface area contributed by atoms with Crippen molar-refractivity contribution in [2.45, 2.75) is 6.92 Å². The fraction of sp³-hybridized carbons (Fsp3) is 0.100. The molecule has 2 aromatic carbocycles. The van der Waals surface area contributed by atoms with E-state index in [1.165, 1.54) is 5.38 Å². The van der Waals surface area contributed by atoms with Crippen molar-refractivity contribution in [3.05, 3.63) is 69.9 Å². The van der Waals surface area contributed by atoms with E-state index in [1.54, 1.807) is 18.2 Å². The van der Waals surface area contributed by atoms with Gasteiger partial charge in [0.15, 0.2) is 17.4 Å². The summed E-state index contributed by atoms with van der Waals surface area (Å²) in [5.41, 5.74) is 0.561. The number of carbonyl (C=O) groups is 2. The van der Waals surface area contributed by atoms with Crippen molar-refractivity contribution in [1.82, 2.24) is 0 Å². The van der Waals surface area contributed by atoms with Gasteiger partial charge >= 0.3 is 5.97 Å². The zero-order chi connectivity index (χ0) is 21.3. The Morgan fingerprint density at radius 2 is 1.83 bits per heavy atom. The Bertz CT molecular complexity index is 1130. The van der Waals surface area contributed by atoms with Gasteiger partial charge in [-0.1, -0.05) is 29.8 Å². The average Bonchev–Trinajstić information content (AvgIpc) is 3.05. The molecule has 0 spiro atoms. The number of aryl methyl sites for hydroxylation is 1. The van der Waals surface area contributed by atoms with Crippen molar-refractivity contribution in [3.63, 3.8) is 0 Å². The Hall–Kier alpha value is -3.33. The Kier molecular flexibility index (Phi) is 5.60. The first-order valence-electron chi connectivity index (χ1n) is 8.19.